The predicted octanol–water partition coefficient (Wildman–Crippen LogP) is 3.52. The highest BCUT2D eigenvalue weighted by Gasteiger charge is 2.22. The fourth-order valence-corrected chi connectivity index (χ4v) is 3.04. The first-order valence-electron chi connectivity index (χ1n) is 5.53. The van der Waals surface area contributed by atoms with Crippen molar-refractivity contribution in [1.29, 1.82) is 0 Å². The van der Waals surface area contributed by atoms with Crippen molar-refractivity contribution < 1.29 is 9.18 Å². The number of carbonyl (C=O) groups is 1. The zero-order valence-corrected chi connectivity index (χ0v) is 12.2. The maximum Gasteiger partial charge on any atom is 0.263 e. The molecule has 0 spiro atoms. The van der Waals surface area contributed by atoms with E-state index in [-0.39, 0.29) is 16.9 Å². The zero-order chi connectivity index (χ0) is 14.3. The lowest BCUT2D eigenvalue weighted by Crippen LogP contribution is -2.17. The Morgan fingerprint density at radius 1 is 1.40 bits per heavy atom. The van der Waals surface area contributed by atoms with E-state index in [1.165, 1.54) is 12.1 Å². The second-order valence-electron chi connectivity index (χ2n) is 4.06. The lowest BCUT2D eigenvalue weighted by Gasteiger charge is -2.03. The van der Waals surface area contributed by atoms with E-state index in [0.717, 1.165) is 11.8 Å². The summed E-state index contributed by atoms with van der Waals surface area (Å²) in [7, 11) is 0. The summed E-state index contributed by atoms with van der Waals surface area (Å²) in [5, 5.41) is 3.39. The summed E-state index contributed by atoms with van der Waals surface area (Å²) < 4.78 is 13.6. The fourth-order valence-electron chi connectivity index (χ4n) is 1.80. The number of nitrogens with one attached hydrogen (secondary N) is 1. The molecular formula is C13H6ClFN2OS2. The van der Waals surface area contributed by atoms with Gasteiger partial charge in [0.25, 0.3) is 5.91 Å². The second kappa shape index (κ2) is 5.12. The average Bonchev–Trinajstić information content (AvgIpc) is 2.69. The minimum absolute atomic E-state index is 0.253. The molecule has 1 N–H and O–H groups in total. The van der Waals surface area contributed by atoms with Gasteiger partial charge in [0.2, 0.25) is 0 Å². The smallest absolute Gasteiger partial charge is 0.263 e. The van der Waals surface area contributed by atoms with Gasteiger partial charge in [0.15, 0.2) is 0 Å². The highest BCUT2D eigenvalue weighted by atomic mass is 35.5. The third kappa shape index (κ3) is 2.54. The van der Waals surface area contributed by atoms with E-state index >= 15 is 0 Å². The molecule has 1 aromatic heterocycles. The molecule has 2 heterocycles. The number of hydrogen-bond donors (Lipinski definition) is 1. The first-order valence-corrected chi connectivity index (χ1v) is 7.14. The number of hydrogen-bond acceptors (Lipinski definition) is 4. The molecule has 1 aliphatic rings. The van der Waals surface area contributed by atoms with Gasteiger partial charge in [-0.1, -0.05) is 35.6 Å². The van der Waals surface area contributed by atoms with Gasteiger partial charge in [-0.15, -0.1) is 0 Å². The van der Waals surface area contributed by atoms with Crippen LogP contribution in [0, 0.1) is 5.82 Å². The highest BCUT2D eigenvalue weighted by molar-refractivity contribution is 8.26. The number of thioether (sulfide) groups is 1. The van der Waals surface area contributed by atoms with Crippen LogP contribution in [0.5, 0.6) is 0 Å². The van der Waals surface area contributed by atoms with Crippen LogP contribution in [0.3, 0.4) is 0 Å². The first-order chi connectivity index (χ1) is 9.52. The minimum atomic E-state index is -0.352. The van der Waals surface area contributed by atoms with E-state index in [1.807, 2.05) is 0 Å². The van der Waals surface area contributed by atoms with Crippen LogP contribution in [0.2, 0.25) is 5.15 Å². The third-order valence-corrected chi connectivity index (χ3v) is 4.15. The van der Waals surface area contributed by atoms with Crippen molar-refractivity contribution >= 4 is 62.8 Å². The summed E-state index contributed by atoms with van der Waals surface area (Å²) in [4.78, 5) is 16.2. The Hall–Kier alpha value is -1.50. The molecule has 1 fully saturated rings. The Bertz CT molecular complexity index is 791. The summed E-state index contributed by atoms with van der Waals surface area (Å²) in [6.07, 6.45) is 1.60. The van der Waals surface area contributed by atoms with Gasteiger partial charge in [0.1, 0.15) is 15.3 Å². The van der Waals surface area contributed by atoms with Gasteiger partial charge in [-0.05, 0) is 30.3 Å². The number of carbonyl (C=O) groups excluding carboxylic acids is 1. The molecule has 0 aliphatic carbocycles. The van der Waals surface area contributed by atoms with Gasteiger partial charge in [-0.2, -0.15) is 0 Å². The molecular weight excluding hydrogens is 319 g/mol. The lowest BCUT2D eigenvalue weighted by atomic mass is 10.1. The van der Waals surface area contributed by atoms with Gasteiger partial charge in [0, 0.05) is 10.9 Å². The minimum Gasteiger partial charge on any atom is -0.307 e. The number of halogens is 2. The first kappa shape index (κ1) is 13.5. The van der Waals surface area contributed by atoms with Gasteiger partial charge in [-0.3, -0.25) is 4.79 Å². The Morgan fingerprint density at radius 3 is 2.90 bits per heavy atom. The number of nitrogens with zero attached hydrogens (tertiary/aromatic N) is 1. The number of pyridine rings is 1. The van der Waals surface area contributed by atoms with Crippen molar-refractivity contribution in [3.05, 3.63) is 45.7 Å². The van der Waals surface area contributed by atoms with Gasteiger partial charge < -0.3 is 5.32 Å². The van der Waals surface area contributed by atoms with Crippen molar-refractivity contribution in [2.24, 2.45) is 0 Å². The molecule has 1 saturated heterocycles. The third-order valence-electron chi connectivity index (χ3n) is 2.69. The monoisotopic (exact) mass is 324 g/mol. The van der Waals surface area contributed by atoms with Crippen molar-refractivity contribution in [3.8, 4) is 0 Å². The van der Waals surface area contributed by atoms with Crippen LogP contribution >= 0.6 is 35.6 Å². The average molecular weight is 325 g/mol. The molecule has 1 aliphatic heterocycles. The predicted molar refractivity (Wildman–Crippen MR) is 83.0 cm³/mol. The van der Waals surface area contributed by atoms with Crippen molar-refractivity contribution in [3.63, 3.8) is 0 Å². The number of benzene rings is 1. The maximum absolute atomic E-state index is 13.2. The Balaban J connectivity index is 2.12. The summed E-state index contributed by atoms with van der Waals surface area (Å²) in [6, 6.07) is 5.94. The number of thiocarbonyl (C=S) groups is 1. The maximum atomic E-state index is 13.2. The molecule has 7 heteroatoms. The fraction of sp³-hybridized carbons (Fsp3) is 0. The number of amides is 1. The quantitative estimate of drug-likeness (QED) is 0.495. The summed E-state index contributed by atoms with van der Waals surface area (Å²) in [6.45, 7) is 0. The number of rotatable bonds is 1. The largest absolute Gasteiger partial charge is 0.307 e. The Labute approximate surface area is 128 Å². The van der Waals surface area contributed by atoms with Crippen LogP contribution in [0.4, 0.5) is 4.39 Å². The number of fused-ring (bicyclic) bond motifs is 1. The Morgan fingerprint density at radius 2 is 2.20 bits per heavy atom. The molecule has 100 valence electrons. The van der Waals surface area contributed by atoms with Crippen LogP contribution in [-0.2, 0) is 4.79 Å². The summed E-state index contributed by atoms with van der Waals surface area (Å²) >= 11 is 12.1. The molecule has 0 unspecified atom stereocenters. The van der Waals surface area contributed by atoms with E-state index < -0.39 is 0 Å². The molecule has 0 bridgehead atoms. The normalized spacial score (nSPS) is 17.0. The van der Waals surface area contributed by atoms with E-state index in [4.69, 9.17) is 23.8 Å². The molecule has 0 atom stereocenters. The molecule has 3 nitrogen and oxygen atoms in total. The molecule has 2 aromatic rings. The van der Waals surface area contributed by atoms with Crippen molar-refractivity contribution in [2.45, 2.75) is 0 Å². The molecule has 0 radical (unpaired) electrons. The van der Waals surface area contributed by atoms with Crippen molar-refractivity contribution in [2.75, 3.05) is 0 Å². The van der Waals surface area contributed by atoms with Crippen LogP contribution in [0.25, 0.3) is 17.0 Å². The van der Waals surface area contributed by atoms with E-state index in [2.05, 4.69) is 10.3 Å². The molecule has 20 heavy (non-hydrogen) atoms. The van der Waals surface area contributed by atoms with Gasteiger partial charge in [-0.25, -0.2) is 9.37 Å². The summed E-state index contributed by atoms with van der Waals surface area (Å²) in [5.41, 5.74) is 1.14. The molecule has 1 aromatic carbocycles. The van der Waals surface area contributed by atoms with Crippen LogP contribution < -0.4 is 5.32 Å². The van der Waals surface area contributed by atoms with Crippen LogP contribution in [0.1, 0.15) is 5.56 Å². The van der Waals surface area contributed by atoms with Gasteiger partial charge >= 0.3 is 0 Å². The lowest BCUT2D eigenvalue weighted by molar-refractivity contribution is -0.115. The Kier molecular flexibility index (Phi) is 3.45. The van der Waals surface area contributed by atoms with Crippen LogP contribution in [0.15, 0.2) is 29.2 Å². The highest BCUT2D eigenvalue weighted by Crippen LogP contribution is 2.29. The zero-order valence-electron chi connectivity index (χ0n) is 9.81. The SMILES string of the molecule is O=C1NC(=S)S/C1=C\c1cc2cc(F)ccc2nc1Cl. The molecule has 0 saturated carbocycles. The van der Waals surface area contributed by atoms with E-state index in [0.29, 0.717) is 25.7 Å². The number of aromatic nitrogens is 1. The second-order valence-corrected chi connectivity index (χ2v) is 6.13. The van der Waals surface area contributed by atoms with Crippen molar-refractivity contribution in [1.82, 2.24) is 10.3 Å². The summed E-state index contributed by atoms with van der Waals surface area (Å²) in [5.74, 6) is -0.621. The van der Waals surface area contributed by atoms with Gasteiger partial charge in [0.05, 0.1) is 10.4 Å². The topological polar surface area (TPSA) is 42.0 Å². The molecule has 3 rings (SSSR count). The standard InChI is InChI=1S/C13H6ClFN2OS2/c14-11-7(5-10-12(18)17-13(19)20-10)3-6-4-8(15)1-2-9(6)16-11/h1-5H,(H,17,18,19)/b10-5-. The molecule has 1 amide bonds. The van der Waals surface area contributed by atoms with E-state index in [9.17, 15) is 9.18 Å². The van der Waals surface area contributed by atoms with Crippen LogP contribution in [-0.4, -0.2) is 15.2 Å². The van der Waals surface area contributed by atoms with E-state index in [1.54, 1.807) is 18.2 Å².